The Morgan fingerprint density at radius 1 is 0.727 bits per heavy atom. The third-order valence-electron chi connectivity index (χ3n) is 3.92. The average Bonchev–Trinajstić information content (AvgIpc) is 2.46. The predicted octanol–water partition coefficient (Wildman–Crippen LogP) is 6.59. The zero-order chi connectivity index (χ0) is 17.0. The van der Waals surface area contributed by atoms with Gasteiger partial charge in [-0.3, -0.25) is 4.79 Å². The van der Waals surface area contributed by atoms with Gasteiger partial charge < -0.3 is 0 Å². The summed E-state index contributed by atoms with van der Waals surface area (Å²) in [7, 11) is 0. The van der Waals surface area contributed by atoms with Crippen molar-refractivity contribution in [2.24, 2.45) is 23.7 Å². The zero-order valence-corrected chi connectivity index (χ0v) is 15.8. The SMILES string of the molecule is CCCCC(C=CC(C)C)C(=O)C(C=CC(C)C)CCCC. The highest BCUT2D eigenvalue weighted by molar-refractivity contribution is 5.86. The second-order valence-electron chi connectivity index (χ2n) is 7.16. The van der Waals surface area contributed by atoms with Crippen LogP contribution in [0.5, 0.6) is 0 Å². The van der Waals surface area contributed by atoms with Gasteiger partial charge in [0.2, 0.25) is 0 Å². The molecule has 0 aromatic carbocycles. The lowest BCUT2D eigenvalue weighted by Crippen LogP contribution is -2.21. The molecule has 2 unspecified atom stereocenters. The van der Waals surface area contributed by atoms with Gasteiger partial charge in [-0.05, 0) is 24.7 Å². The summed E-state index contributed by atoms with van der Waals surface area (Å²) >= 11 is 0. The van der Waals surface area contributed by atoms with E-state index in [1.165, 1.54) is 0 Å². The molecule has 0 radical (unpaired) electrons. The van der Waals surface area contributed by atoms with Gasteiger partial charge in [-0.1, -0.05) is 91.5 Å². The lowest BCUT2D eigenvalue weighted by Gasteiger charge is -2.18. The van der Waals surface area contributed by atoms with Crippen LogP contribution in [-0.4, -0.2) is 5.78 Å². The van der Waals surface area contributed by atoms with Crippen LogP contribution in [-0.2, 0) is 4.79 Å². The molecule has 2 atom stereocenters. The molecule has 0 heterocycles. The summed E-state index contributed by atoms with van der Waals surface area (Å²) in [5.41, 5.74) is 0. The molecule has 0 amide bonds. The molecule has 0 bridgehead atoms. The van der Waals surface area contributed by atoms with Crippen molar-refractivity contribution in [3.05, 3.63) is 24.3 Å². The highest BCUT2D eigenvalue weighted by atomic mass is 16.1. The first-order chi connectivity index (χ1) is 10.4. The number of allylic oxidation sites excluding steroid dienone is 4. The number of ketones is 1. The van der Waals surface area contributed by atoms with Crippen LogP contribution >= 0.6 is 0 Å². The van der Waals surface area contributed by atoms with Gasteiger partial charge in [0.05, 0.1) is 0 Å². The zero-order valence-electron chi connectivity index (χ0n) is 15.8. The van der Waals surface area contributed by atoms with E-state index in [0.717, 1.165) is 38.5 Å². The standard InChI is InChI=1S/C21H38O/c1-7-9-11-19(15-13-17(3)4)21(22)20(12-10-8-2)16-14-18(5)6/h13-20H,7-12H2,1-6H3. The molecular weight excluding hydrogens is 268 g/mol. The minimum absolute atomic E-state index is 0.0982. The highest BCUT2D eigenvalue weighted by Crippen LogP contribution is 2.22. The van der Waals surface area contributed by atoms with Crippen molar-refractivity contribution < 1.29 is 4.79 Å². The molecule has 0 fully saturated rings. The van der Waals surface area contributed by atoms with Gasteiger partial charge >= 0.3 is 0 Å². The van der Waals surface area contributed by atoms with Gasteiger partial charge in [0.15, 0.2) is 0 Å². The van der Waals surface area contributed by atoms with E-state index in [9.17, 15) is 4.79 Å². The predicted molar refractivity (Wildman–Crippen MR) is 99.0 cm³/mol. The number of Topliss-reactive ketones (excluding diaryl/α,β-unsaturated/α-hetero) is 1. The topological polar surface area (TPSA) is 17.1 Å². The van der Waals surface area contributed by atoms with E-state index in [4.69, 9.17) is 0 Å². The number of rotatable bonds is 12. The molecule has 0 saturated carbocycles. The second-order valence-corrected chi connectivity index (χ2v) is 7.16. The fraction of sp³-hybridized carbons (Fsp3) is 0.762. The Morgan fingerprint density at radius 3 is 1.36 bits per heavy atom. The first-order valence-corrected chi connectivity index (χ1v) is 9.32. The lowest BCUT2D eigenvalue weighted by atomic mass is 9.85. The van der Waals surface area contributed by atoms with Crippen molar-refractivity contribution in [1.29, 1.82) is 0 Å². The Hall–Kier alpha value is -0.850. The number of hydrogen-bond acceptors (Lipinski definition) is 1. The molecule has 22 heavy (non-hydrogen) atoms. The summed E-state index contributed by atoms with van der Waals surface area (Å²) in [4.78, 5) is 13.0. The quantitative estimate of drug-likeness (QED) is 0.371. The van der Waals surface area contributed by atoms with Gasteiger partial charge in [0, 0.05) is 11.8 Å². The van der Waals surface area contributed by atoms with E-state index < -0.39 is 0 Å². The minimum Gasteiger partial charge on any atom is -0.298 e. The summed E-state index contributed by atoms with van der Waals surface area (Å²) in [6.45, 7) is 13.1. The molecule has 0 aromatic rings. The minimum atomic E-state index is 0.0982. The van der Waals surface area contributed by atoms with Gasteiger partial charge in [-0.25, -0.2) is 0 Å². The largest absolute Gasteiger partial charge is 0.298 e. The van der Waals surface area contributed by atoms with E-state index in [2.05, 4.69) is 65.8 Å². The van der Waals surface area contributed by atoms with Crippen LogP contribution in [0.3, 0.4) is 0 Å². The molecule has 1 heteroatoms. The number of unbranched alkanes of at least 4 members (excludes halogenated alkanes) is 2. The summed E-state index contributed by atoms with van der Waals surface area (Å²) in [5.74, 6) is 1.65. The average molecular weight is 307 g/mol. The third kappa shape index (κ3) is 9.97. The van der Waals surface area contributed by atoms with Crippen LogP contribution in [0.4, 0.5) is 0 Å². The molecular formula is C21H38O. The second kappa shape index (κ2) is 12.7. The van der Waals surface area contributed by atoms with Crippen LogP contribution in [0.2, 0.25) is 0 Å². The Labute approximate surface area is 139 Å². The van der Waals surface area contributed by atoms with Crippen LogP contribution in [0, 0.1) is 23.7 Å². The van der Waals surface area contributed by atoms with Crippen molar-refractivity contribution in [3.8, 4) is 0 Å². The Bertz CT molecular complexity index is 304. The highest BCUT2D eigenvalue weighted by Gasteiger charge is 2.22. The van der Waals surface area contributed by atoms with E-state index in [0.29, 0.717) is 17.6 Å². The fourth-order valence-corrected chi connectivity index (χ4v) is 2.50. The molecule has 0 aliphatic rings. The van der Waals surface area contributed by atoms with Crippen molar-refractivity contribution in [1.82, 2.24) is 0 Å². The van der Waals surface area contributed by atoms with Gasteiger partial charge in [0.25, 0.3) is 0 Å². The fourth-order valence-electron chi connectivity index (χ4n) is 2.50. The van der Waals surface area contributed by atoms with Crippen LogP contribution in [0.15, 0.2) is 24.3 Å². The molecule has 0 aliphatic carbocycles. The third-order valence-corrected chi connectivity index (χ3v) is 3.92. The summed E-state index contributed by atoms with van der Waals surface area (Å²) < 4.78 is 0. The summed E-state index contributed by atoms with van der Waals surface area (Å²) in [5, 5.41) is 0. The van der Waals surface area contributed by atoms with Crippen LogP contribution < -0.4 is 0 Å². The van der Waals surface area contributed by atoms with Gasteiger partial charge in [-0.15, -0.1) is 0 Å². The van der Waals surface area contributed by atoms with Crippen LogP contribution in [0.1, 0.15) is 80.1 Å². The van der Waals surface area contributed by atoms with Crippen molar-refractivity contribution in [2.75, 3.05) is 0 Å². The van der Waals surface area contributed by atoms with E-state index in [-0.39, 0.29) is 11.8 Å². The Morgan fingerprint density at radius 2 is 1.09 bits per heavy atom. The molecule has 0 spiro atoms. The van der Waals surface area contributed by atoms with Crippen molar-refractivity contribution >= 4 is 5.78 Å². The molecule has 128 valence electrons. The monoisotopic (exact) mass is 306 g/mol. The maximum atomic E-state index is 13.0. The molecule has 0 N–H and O–H groups in total. The molecule has 0 aliphatic heterocycles. The number of hydrogen-bond donors (Lipinski definition) is 0. The van der Waals surface area contributed by atoms with Crippen molar-refractivity contribution in [2.45, 2.75) is 80.1 Å². The summed E-state index contributed by atoms with van der Waals surface area (Å²) in [6.07, 6.45) is 15.3. The molecule has 1 nitrogen and oxygen atoms in total. The Kier molecular flexibility index (Phi) is 12.2. The first-order valence-electron chi connectivity index (χ1n) is 9.32. The number of carbonyl (C=O) groups excluding carboxylic acids is 1. The van der Waals surface area contributed by atoms with E-state index >= 15 is 0 Å². The van der Waals surface area contributed by atoms with E-state index in [1.807, 2.05) is 0 Å². The lowest BCUT2D eigenvalue weighted by molar-refractivity contribution is -0.124. The van der Waals surface area contributed by atoms with Crippen molar-refractivity contribution in [3.63, 3.8) is 0 Å². The van der Waals surface area contributed by atoms with Crippen LogP contribution in [0.25, 0.3) is 0 Å². The molecule has 0 rings (SSSR count). The van der Waals surface area contributed by atoms with E-state index in [1.54, 1.807) is 0 Å². The molecule has 0 saturated heterocycles. The van der Waals surface area contributed by atoms with Gasteiger partial charge in [-0.2, -0.15) is 0 Å². The number of carbonyl (C=O) groups is 1. The molecule has 0 aromatic heterocycles. The Balaban J connectivity index is 5.03. The maximum absolute atomic E-state index is 13.0. The normalized spacial score (nSPS) is 15.3. The first kappa shape index (κ1) is 21.1. The maximum Gasteiger partial charge on any atom is 0.146 e. The smallest absolute Gasteiger partial charge is 0.146 e. The van der Waals surface area contributed by atoms with Gasteiger partial charge in [0.1, 0.15) is 5.78 Å². The summed E-state index contributed by atoms with van der Waals surface area (Å²) in [6, 6.07) is 0.